The van der Waals surface area contributed by atoms with Gasteiger partial charge in [0.15, 0.2) is 0 Å². The first-order valence-electron chi connectivity index (χ1n) is 17.5. The molecule has 8 aliphatic rings. The maximum absolute atomic E-state index is 9.19. The molecule has 45 heavy (non-hydrogen) atoms. The van der Waals surface area contributed by atoms with Crippen molar-refractivity contribution in [2.24, 2.45) is 35.5 Å². The fourth-order valence-corrected chi connectivity index (χ4v) is 18.0. The van der Waals surface area contributed by atoms with Crippen molar-refractivity contribution in [3.8, 4) is 11.1 Å². The smallest absolute Gasteiger partial charge is 0.694 e. The van der Waals surface area contributed by atoms with Crippen molar-refractivity contribution in [2.75, 3.05) is 19.5 Å². The summed E-state index contributed by atoms with van der Waals surface area (Å²) in [5.41, 5.74) is 3.24. The van der Waals surface area contributed by atoms with E-state index in [-0.39, 0.29) is 28.3 Å². The van der Waals surface area contributed by atoms with Gasteiger partial charge in [0, 0.05) is 7.92 Å². The second kappa shape index (κ2) is 14.8. The Morgan fingerprint density at radius 3 is 1.60 bits per heavy atom. The van der Waals surface area contributed by atoms with Gasteiger partial charge in [-0.1, -0.05) is 37.6 Å². The fourth-order valence-electron chi connectivity index (χ4n) is 11.9. The van der Waals surface area contributed by atoms with Gasteiger partial charge in [0.2, 0.25) is 0 Å². The van der Waals surface area contributed by atoms with E-state index in [1.807, 2.05) is 49.5 Å². The summed E-state index contributed by atoms with van der Waals surface area (Å²) >= 11 is 0. The number of nitrogens with zero attached hydrogens (tertiary/aromatic N) is 1. The molecule has 0 spiro atoms. The Balaban J connectivity index is 0.000000170. The Bertz CT molecular complexity index is 1240. The van der Waals surface area contributed by atoms with Crippen LogP contribution in [-0.4, -0.2) is 42.7 Å². The summed E-state index contributed by atoms with van der Waals surface area (Å²) < 4.78 is 25.9. The average Bonchev–Trinajstić information content (AvgIpc) is 2.96. The summed E-state index contributed by atoms with van der Waals surface area (Å²) in [5, 5.41) is 6.06. The first-order chi connectivity index (χ1) is 21.1. The van der Waals surface area contributed by atoms with Gasteiger partial charge >= 0.3 is 20.4 Å². The van der Waals surface area contributed by atoms with E-state index in [4.69, 9.17) is 4.55 Å². The molecule has 8 aliphatic carbocycles. The molecule has 8 fully saturated rings. The van der Waals surface area contributed by atoms with Crippen molar-refractivity contribution in [1.29, 1.82) is 0 Å². The van der Waals surface area contributed by atoms with Crippen molar-refractivity contribution >= 4 is 23.7 Å². The minimum absolute atomic E-state index is 0. The van der Waals surface area contributed by atoms with Crippen LogP contribution in [0.3, 0.4) is 0 Å². The molecule has 0 saturated heterocycles. The zero-order valence-electron chi connectivity index (χ0n) is 27.6. The van der Waals surface area contributed by atoms with Gasteiger partial charge in [-0.3, -0.25) is 4.55 Å². The number of unbranched alkanes of at least 4 members (excludes halogenated alkanes) is 1. The normalized spacial score (nSPS) is 35.7. The third-order valence-corrected chi connectivity index (χ3v) is 16.9. The van der Waals surface area contributed by atoms with Gasteiger partial charge in [-0.2, -0.15) is 14.1 Å². The fraction of sp³-hybridized carbons (Fsp3) is 0.684. The van der Waals surface area contributed by atoms with Crippen LogP contribution in [0, 0.1) is 41.6 Å². The SMILES string of the molecule is CCCC[PH+](C12CC3CC(CC(C3)C1)C2)C12CC3CC(CC(C3)C1)C2.CS(=O)(=O)O.C[N-]c1ccccc1-c1[c-]cccc1.[Pd+2]. The number of para-hydroxylation sites is 1. The van der Waals surface area contributed by atoms with Gasteiger partial charge < -0.3 is 5.32 Å². The zero-order chi connectivity index (χ0) is 31.0. The van der Waals surface area contributed by atoms with E-state index < -0.39 is 10.1 Å². The number of hydrogen-bond donors (Lipinski definition) is 1. The van der Waals surface area contributed by atoms with Crippen LogP contribution in [0.25, 0.3) is 16.4 Å². The molecule has 0 amide bonds. The summed E-state index contributed by atoms with van der Waals surface area (Å²) in [6.45, 7) is 2.46. The van der Waals surface area contributed by atoms with Crippen molar-refractivity contribution in [3.63, 3.8) is 0 Å². The van der Waals surface area contributed by atoms with E-state index in [0.717, 1.165) is 27.1 Å². The maximum atomic E-state index is 9.19. The Morgan fingerprint density at radius 1 is 0.800 bits per heavy atom. The molecule has 0 radical (unpaired) electrons. The molecule has 4 nitrogen and oxygen atoms in total. The third kappa shape index (κ3) is 8.28. The van der Waals surface area contributed by atoms with Gasteiger partial charge in [-0.05, 0) is 119 Å². The molecule has 0 heterocycles. The van der Waals surface area contributed by atoms with Crippen LogP contribution in [0.5, 0.6) is 0 Å². The van der Waals surface area contributed by atoms with Crippen LogP contribution in [0.4, 0.5) is 5.69 Å². The van der Waals surface area contributed by atoms with Crippen molar-refractivity contribution in [2.45, 2.75) is 107 Å². The minimum atomic E-state index is -3.67. The minimum Gasteiger partial charge on any atom is -0.694 e. The first kappa shape index (κ1) is 35.5. The van der Waals surface area contributed by atoms with Crippen molar-refractivity contribution in [3.05, 3.63) is 59.9 Å². The predicted octanol–water partition coefficient (Wildman–Crippen LogP) is 10.2. The quantitative estimate of drug-likeness (QED) is 0.133. The summed E-state index contributed by atoms with van der Waals surface area (Å²) in [7, 11) is -2.05. The number of hydrogen-bond acceptors (Lipinski definition) is 2. The number of benzene rings is 2. The predicted molar refractivity (Wildman–Crippen MR) is 187 cm³/mol. The summed E-state index contributed by atoms with van der Waals surface area (Å²) in [4.78, 5) is 0. The Hall–Kier alpha value is -0.758. The van der Waals surface area contributed by atoms with Crippen LogP contribution < -0.4 is 0 Å². The Labute approximate surface area is 288 Å². The molecule has 2 aromatic rings. The molecule has 2 aromatic carbocycles. The third-order valence-electron chi connectivity index (χ3n) is 12.3. The largest absolute Gasteiger partial charge is 2.00 e. The Kier molecular flexibility index (Phi) is 11.7. The molecule has 8 bridgehead atoms. The topological polar surface area (TPSA) is 68.5 Å². The van der Waals surface area contributed by atoms with E-state index in [1.165, 1.54) is 41.9 Å². The van der Waals surface area contributed by atoms with E-state index in [2.05, 4.69) is 24.4 Å². The van der Waals surface area contributed by atoms with Crippen LogP contribution in [0.2, 0.25) is 0 Å². The van der Waals surface area contributed by atoms with Crippen LogP contribution in [0.1, 0.15) is 96.8 Å². The number of rotatable bonds is 7. The van der Waals surface area contributed by atoms with E-state index in [9.17, 15) is 8.42 Å². The molecular formula is C38H55NO3PPdS+. The molecule has 0 atom stereocenters. The van der Waals surface area contributed by atoms with Crippen molar-refractivity contribution < 1.29 is 33.4 Å². The standard InChI is InChI=1S/C24H39P.C13H11N.CH4O3S.Pd/c1-2-3-4-25(23-11-17-5-18(12-23)7-19(6-17)13-23)24-14-20-8-21(15-24)10-22(9-20)16-24;1-14-13-10-6-5-9-12(13)11-7-3-2-4-8-11;1-5(2,3)4;/h17-22H,2-16H2,1H3;2-7,9-10H,1H3;1H3,(H,2,3,4);/q;-2;;+2/p+1. The van der Waals surface area contributed by atoms with E-state index in [1.54, 1.807) is 89.6 Å². The molecule has 8 saturated carbocycles. The molecule has 250 valence electrons. The summed E-state index contributed by atoms with van der Waals surface area (Å²) in [6, 6.07) is 19.2. The molecular weight excluding hydrogens is 688 g/mol. The van der Waals surface area contributed by atoms with Crippen LogP contribution in [-0.2, 0) is 30.5 Å². The monoisotopic (exact) mass is 742 g/mol. The van der Waals surface area contributed by atoms with E-state index >= 15 is 0 Å². The summed E-state index contributed by atoms with van der Waals surface area (Å²) in [6.07, 6.45) is 25.5. The molecule has 0 aromatic heterocycles. The molecule has 1 N–H and O–H groups in total. The second-order valence-corrected chi connectivity index (χ2v) is 20.8. The van der Waals surface area contributed by atoms with Crippen molar-refractivity contribution in [1.82, 2.24) is 0 Å². The molecule has 7 heteroatoms. The van der Waals surface area contributed by atoms with Gasteiger partial charge in [0.25, 0.3) is 10.1 Å². The molecule has 0 unspecified atom stereocenters. The van der Waals surface area contributed by atoms with Gasteiger partial charge in [0.05, 0.1) is 22.7 Å². The van der Waals surface area contributed by atoms with Gasteiger partial charge in [-0.25, -0.2) is 0 Å². The Morgan fingerprint density at radius 2 is 1.22 bits per heavy atom. The summed E-state index contributed by atoms with van der Waals surface area (Å²) in [5.74, 6) is 7.01. The van der Waals surface area contributed by atoms with E-state index in [0.29, 0.717) is 6.26 Å². The van der Waals surface area contributed by atoms with Crippen LogP contribution >= 0.6 is 7.92 Å². The maximum Gasteiger partial charge on any atom is 2.00 e. The van der Waals surface area contributed by atoms with Gasteiger partial charge in [0.1, 0.15) is 0 Å². The molecule has 0 aliphatic heterocycles. The van der Waals surface area contributed by atoms with Crippen LogP contribution in [0.15, 0.2) is 48.5 Å². The van der Waals surface area contributed by atoms with Gasteiger partial charge in [-0.15, -0.1) is 48.5 Å². The second-order valence-electron chi connectivity index (χ2n) is 15.7. The first-order valence-corrected chi connectivity index (χ1v) is 21.1. The molecule has 10 rings (SSSR count). The zero-order valence-corrected chi connectivity index (χ0v) is 31.0. The average molecular weight is 743 g/mol.